The Kier molecular flexibility index (Phi) is 5.07. The van der Waals surface area contributed by atoms with Crippen LogP contribution in [0, 0.1) is 11.8 Å². The third kappa shape index (κ3) is 4.16. The summed E-state index contributed by atoms with van der Waals surface area (Å²) in [5.74, 6) is 5.35. The molecule has 2 heterocycles. The van der Waals surface area contributed by atoms with Crippen molar-refractivity contribution in [1.29, 1.82) is 0 Å². The van der Waals surface area contributed by atoms with E-state index in [1.54, 1.807) is 29.2 Å². The number of carbonyl (C=O) groups is 1. The maximum absolute atomic E-state index is 12.1. The van der Waals surface area contributed by atoms with Gasteiger partial charge in [-0.3, -0.25) is 9.48 Å². The summed E-state index contributed by atoms with van der Waals surface area (Å²) in [6.07, 6.45) is 6.00. The van der Waals surface area contributed by atoms with Crippen molar-refractivity contribution in [2.45, 2.75) is 6.42 Å². The monoisotopic (exact) mass is 283 g/mol. The number of carbonyl (C=O) groups excluding carboxylic acids is 1. The Labute approximate surface area is 123 Å². The van der Waals surface area contributed by atoms with Gasteiger partial charge in [-0.15, -0.1) is 0 Å². The van der Waals surface area contributed by atoms with Crippen LogP contribution in [0.1, 0.15) is 21.6 Å². The number of amides is 1. The molecule has 0 bridgehead atoms. The highest BCUT2D eigenvalue weighted by atomic mass is 16.1. The van der Waals surface area contributed by atoms with Gasteiger partial charge in [0.05, 0.1) is 18.3 Å². The lowest BCUT2D eigenvalue weighted by atomic mass is 10.2. The number of nitrogens with zero attached hydrogens (tertiary/aromatic N) is 3. The number of nitrogens with one attached hydrogen (secondary N) is 1. The molecule has 0 aliphatic heterocycles. The molecule has 1 amide bonds. The first kappa shape index (κ1) is 14.8. The fourth-order valence-electron chi connectivity index (χ4n) is 1.84. The van der Waals surface area contributed by atoms with Crippen LogP contribution in [-0.4, -0.2) is 33.8 Å². The minimum Gasteiger partial charge on any atom is -0.350 e. The lowest BCUT2D eigenvalue weighted by molar-refractivity contribution is 0.0949. The predicted molar refractivity (Wildman–Crippen MR) is 79.4 cm³/mol. The summed E-state index contributed by atoms with van der Waals surface area (Å²) in [5.41, 5.74) is 7.33. The number of rotatable bonds is 4. The molecular weight excluding hydrogens is 266 g/mol. The lowest BCUT2D eigenvalue weighted by Gasteiger charge is -2.05. The maximum Gasteiger partial charge on any atom is 0.271 e. The van der Waals surface area contributed by atoms with E-state index in [9.17, 15) is 4.79 Å². The van der Waals surface area contributed by atoms with Crippen molar-refractivity contribution in [3.05, 3.63) is 47.5 Å². The molecule has 0 radical (unpaired) electrons. The van der Waals surface area contributed by atoms with E-state index in [2.05, 4.69) is 27.2 Å². The van der Waals surface area contributed by atoms with Crippen LogP contribution in [0.25, 0.3) is 0 Å². The van der Waals surface area contributed by atoms with Crippen molar-refractivity contribution in [2.24, 2.45) is 12.8 Å². The van der Waals surface area contributed by atoms with E-state index < -0.39 is 0 Å². The Morgan fingerprint density at radius 2 is 2.38 bits per heavy atom. The van der Waals surface area contributed by atoms with Crippen LogP contribution in [0.5, 0.6) is 0 Å². The van der Waals surface area contributed by atoms with Crippen molar-refractivity contribution in [3.63, 3.8) is 0 Å². The van der Waals surface area contributed by atoms with Gasteiger partial charge in [-0.05, 0) is 24.1 Å². The van der Waals surface area contributed by atoms with Crippen molar-refractivity contribution < 1.29 is 4.79 Å². The predicted octanol–water partition coefficient (Wildman–Crippen LogP) is 0.0978. The molecular formula is C15H17N5O. The third-order valence-electron chi connectivity index (χ3n) is 2.81. The van der Waals surface area contributed by atoms with Crippen LogP contribution in [0.2, 0.25) is 0 Å². The largest absolute Gasteiger partial charge is 0.350 e. The second-order valence-electron chi connectivity index (χ2n) is 4.43. The summed E-state index contributed by atoms with van der Waals surface area (Å²) in [6.45, 7) is 0.766. The molecule has 0 fully saturated rings. The highest BCUT2D eigenvalue weighted by molar-refractivity contribution is 5.94. The molecule has 0 aliphatic carbocycles. The Morgan fingerprint density at radius 3 is 3.10 bits per heavy atom. The van der Waals surface area contributed by atoms with Gasteiger partial charge in [-0.2, -0.15) is 5.10 Å². The minimum absolute atomic E-state index is 0.235. The number of aryl methyl sites for hydroxylation is 1. The quantitative estimate of drug-likeness (QED) is 0.779. The second-order valence-corrected chi connectivity index (χ2v) is 4.43. The standard InChI is InChI=1S/C15H17N5O/c1-20-11-12(10-19-20)6-9-18-15(21)14-13(4-2-7-16)5-3-8-17-14/h3,5,8,10-11H,6-7,9,16H2,1H3,(H,18,21). The summed E-state index contributed by atoms with van der Waals surface area (Å²) < 4.78 is 1.73. The second kappa shape index (κ2) is 7.22. The molecule has 2 aromatic rings. The van der Waals surface area contributed by atoms with Crippen LogP contribution < -0.4 is 11.1 Å². The van der Waals surface area contributed by atoms with Gasteiger partial charge in [0.25, 0.3) is 5.91 Å². The van der Waals surface area contributed by atoms with Gasteiger partial charge < -0.3 is 11.1 Å². The zero-order valence-electron chi connectivity index (χ0n) is 11.8. The molecule has 2 rings (SSSR count). The van der Waals surface area contributed by atoms with Gasteiger partial charge in [0.2, 0.25) is 0 Å². The molecule has 0 unspecified atom stereocenters. The number of nitrogens with two attached hydrogens (primary N) is 1. The van der Waals surface area contributed by atoms with Crippen molar-refractivity contribution in [3.8, 4) is 11.8 Å². The first-order valence-corrected chi connectivity index (χ1v) is 6.60. The van der Waals surface area contributed by atoms with Crippen LogP contribution in [-0.2, 0) is 13.5 Å². The average molecular weight is 283 g/mol. The van der Waals surface area contributed by atoms with E-state index in [4.69, 9.17) is 5.73 Å². The first-order valence-electron chi connectivity index (χ1n) is 6.60. The van der Waals surface area contributed by atoms with Gasteiger partial charge in [0.15, 0.2) is 0 Å². The molecule has 3 N–H and O–H groups in total. The number of aromatic nitrogens is 3. The highest BCUT2D eigenvalue weighted by Gasteiger charge is 2.10. The number of pyridine rings is 1. The van der Waals surface area contributed by atoms with E-state index in [1.807, 2.05) is 13.2 Å². The van der Waals surface area contributed by atoms with E-state index in [0.717, 1.165) is 12.0 Å². The molecule has 0 aromatic carbocycles. The Hall–Kier alpha value is -2.65. The highest BCUT2D eigenvalue weighted by Crippen LogP contribution is 2.04. The Morgan fingerprint density at radius 1 is 1.52 bits per heavy atom. The van der Waals surface area contributed by atoms with Gasteiger partial charge in [-0.25, -0.2) is 4.98 Å². The van der Waals surface area contributed by atoms with Crippen molar-refractivity contribution in [1.82, 2.24) is 20.1 Å². The van der Waals surface area contributed by atoms with Gasteiger partial charge in [0, 0.05) is 26.0 Å². The van der Waals surface area contributed by atoms with Crippen molar-refractivity contribution >= 4 is 5.91 Å². The first-order chi connectivity index (χ1) is 10.2. The fourth-order valence-corrected chi connectivity index (χ4v) is 1.84. The molecule has 0 atom stereocenters. The van der Waals surface area contributed by atoms with E-state index in [1.165, 1.54) is 0 Å². The van der Waals surface area contributed by atoms with Crippen molar-refractivity contribution in [2.75, 3.05) is 13.1 Å². The zero-order valence-corrected chi connectivity index (χ0v) is 11.8. The minimum atomic E-state index is -0.235. The lowest BCUT2D eigenvalue weighted by Crippen LogP contribution is -2.27. The molecule has 0 saturated heterocycles. The third-order valence-corrected chi connectivity index (χ3v) is 2.81. The van der Waals surface area contributed by atoms with E-state index >= 15 is 0 Å². The summed E-state index contributed by atoms with van der Waals surface area (Å²) in [7, 11) is 1.86. The Balaban J connectivity index is 1.97. The number of hydrogen-bond acceptors (Lipinski definition) is 4. The summed E-state index contributed by atoms with van der Waals surface area (Å²) in [4.78, 5) is 16.2. The van der Waals surface area contributed by atoms with Gasteiger partial charge >= 0.3 is 0 Å². The maximum atomic E-state index is 12.1. The van der Waals surface area contributed by atoms with E-state index in [0.29, 0.717) is 17.8 Å². The summed E-state index contributed by atoms with van der Waals surface area (Å²) in [5, 5.41) is 6.92. The molecule has 6 nitrogen and oxygen atoms in total. The molecule has 0 spiro atoms. The molecule has 0 aliphatic rings. The topological polar surface area (TPSA) is 85.8 Å². The van der Waals surface area contributed by atoms with Gasteiger partial charge in [0.1, 0.15) is 5.69 Å². The van der Waals surface area contributed by atoms with E-state index in [-0.39, 0.29) is 12.5 Å². The van der Waals surface area contributed by atoms with Crippen LogP contribution >= 0.6 is 0 Å². The molecule has 2 aromatic heterocycles. The van der Waals surface area contributed by atoms with Crippen LogP contribution in [0.15, 0.2) is 30.7 Å². The smallest absolute Gasteiger partial charge is 0.271 e. The normalized spacial score (nSPS) is 9.81. The fraction of sp³-hybridized carbons (Fsp3) is 0.267. The SMILES string of the molecule is Cn1cc(CCNC(=O)c2ncccc2C#CCN)cn1. The summed E-state index contributed by atoms with van der Waals surface area (Å²) in [6, 6.07) is 3.50. The molecule has 0 saturated carbocycles. The molecule has 108 valence electrons. The molecule has 21 heavy (non-hydrogen) atoms. The van der Waals surface area contributed by atoms with Gasteiger partial charge in [-0.1, -0.05) is 11.8 Å². The zero-order chi connectivity index (χ0) is 15.1. The summed E-state index contributed by atoms with van der Waals surface area (Å²) >= 11 is 0. The van der Waals surface area contributed by atoms with Crippen LogP contribution in [0.3, 0.4) is 0 Å². The number of hydrogen-bond donors (Lipinski definition) is 2. The Bertz CT molecular complexity index is 681. The van der Waals surface area contributed by atoms with Crippen LogP contribution in [0.4, 0.5) is 0 Å². The average Bonchev–Trinajstić information content (AvgIpc) is 2.91. The molecule has 6 heteroatoms.